The number of carbonyl (C=O) groups excluding carboxylic acids is 3. The van der Waals surface area contributed by atoms with Gasteiger partial charge >= 0.3 is 6.03 Å². The summed E-state index contributed by atoms with van der Waals surface area (Å²) >= 11 is 6.23. The van der Waals surface area contributed by atoms with Crippen LogP contribution in [0.1, 0.15) is 37.7 Å². The number of nitrogens with one attached hydrogen (secondary N) is 2. The molecule has 1 aliphatic carbocycles. The summed E-state index contributed by atoms with van der Waals surface area (Å²) in [4.78, 5) is 37.5. The van der Waals surface area contributed by atoms with Crippen molar-refractivity contribution in [3.8, 4) is 0 Å². The molecule has 1 saturated heterocycles. The van der Waals surface area contributed by atoms with E-state index in [-0.39, 0.29) is 18.4 Å². The van der Waals surface area contributed by atoms with Crippen molar-refractivity contribution in [1.29, 1.82) is 0 Å². The first-order valence-electron chi connectivity index (χ1n) is 8.19. The standard InChI is InChI=1S/C17H20ClN3O3/c18-13-8-4-1-5-11(13)10-21(12-6-2-3-7-12)15(22)9-14-16(23)20-17(24)19-14/h1,4-5,8,12,14H,2-3,6-7,9-10H2,(H2,19,20,23,24). The quantitative estimate of drug-likeness (QED) is 0.800. The van der Waals surface area contributed by atoms with Crippen molar-refractivity contribution in [2.45, 2.75) is 50.7 Å². The molecule has 6 nitrogen and oxygen atoms in total. The van der Waals surface area contributed by atoms with Gasteiger partial charge in [0, 0.05) is 17.6 Å². The number of amides is 4. The minimum absolute atomic E-state index is 0.0292. The first-order valence-corrected chi connectivity index (χ1v) is 8.56. The van der Waals surface area contributed by atoms with Crippen LogP contribution in [-0.4, -0.2) is 34.8 Å². The van der Waals surface area contributed by atoms with Gasteiger partial charge in [0.15, 0.2) is 0 Å². The van der Waals surface area contributed by atoms with Crippen LogP contribution >= 0.6 is 11.6 Å². The van der Waals surface area contributed by atoms with Crippen molar-refractivity contribution < 1.29 is 14.4 Å². The van der Waals surface area contributed by atoms with Gasteiger partial charge < -0.3 is 10.2 Å². The summed E-state index contributed by atoms with van der Waals surface area (Å²) in [5.41, 5.74) is 0.888. The smallest absolute Gasteiger partial charge is 0.322 e. The second-order valence-electron chi connectivity index (χ2n) is 6.27. The number of imide groups is 1. The van der Waals surface area contributed by atoms with Crippen LogP contribution in [0.5, 0.6) is 0 Å². The van der Waals surface area contributed by atoms with E-state index >= 15 is 0 Å². The lowest BCUT2D eigenvalue weighted by atomic mass is 10.1. The molecule has 0 radical (unpaired) electrons. The van der Waals surface area contributed by atoms with Gasteiger partial charge in [-0.2, -0.15) is 0 Å². The van der Waals surface area contributed by atoms with Gasteiger partial charge in [0.1, 0.15) is 6.04 Å². The Kier molecular flexibility index (Phi) is 5.04. The fraction of sp³-hybridized carbons (Fsp3) is 0.471. The second-order valence-corrected chi connectivity index (χ2v) is 6.68. The third-order valence-electron chi connectivity index (χ3n) is 4.62. The number of hydrogen-bond acceptors (Lipinski definition) is 3. The number of urea groups is 1. The van der Waals surface area contributed by atoms with Gasteiger partial charge in [-0.1, -0.05) is 42.6 Å². The van der Waals surface area contributed by atoms with Gasteiger partial charge in [0.2, 0.25) is 5.91 Å². The molecule has 2 N–H and O–H groups in total. The highest BCUT2D eigenvalue weighted by Crippen LogP contribution is 2.27. The Labute approximate surface area is 145 Å². The van der Waals surface area contributed by atoms with E-state index in [9.17, 15) is 14.4 Å². The molecule has 0 aromatic heterocycles. The average Bonchev–Trinajstić information content (AvgIpc) is 3.17. The van der Waals surface area contributed by atoms with E-state index in [1.165, 1.54) is 0 Å². The Morgan fingerprint density at radius 3 is 2.54 bits per heavy atom. The molecule has 7 heteroatoms. The van der Waals surface area contributed by atoms with E-state index in [1.54, 1.807) is 6.07 Å². The van der Waals surface area contributed by atoms with Crippen LogP contribution in [0.2, 0.25) is 5.02 Å². The SMILES string of the molecule is O=C1NC(=O)C(CC(=O)N(Cc2ccccc2Cl)C2CCCC2)N1. The van der Waals surface area contributed by atoms with E-state index in [2.05, 4.69) is 10.6 Å². The van der Waals surface area contributed by atoms with Gasteiger partial charge in [0.25, 0.3) is 5.91 Å². The fourth-order valence-corrected chi connectivity index (χ4v) is 3.54. The molecule has 1 atom stereocenters. The fourth-order valence-electron chi connectivity index (χ4n) is 3.34. The maximum atomic E-state index is 12.8. The highest BCUT2D eigenvalue weighted by atomic mass is 35.5. The van der Waals surface area contributed by atoms with Crippen LogP contribution in [0, 0.1) is 0 Å². The zero-order chi connectivity index (χ0) is 17.1. The number of carbonyl (C=O) groups is 3. The molecule has 0 spiro atoms. The Balaban J connectivity index is 1.74. The number of hydrogen-bond donors (Lipinski definition) is 2. The monoisotopic (exact) mass is 349 g/mol. The number of nitrogens with zero attached hydrogens (tertiary/aromatic N) is 1. The van der Waals surface area contributed by atoms with Gasteiger partial charge in [-0.05, 0) is 24.5 Å². The summed E-state index contributed by atoms with van der Waals surface area (Å²) in [5.74, 6) is -0.582. The molecule has 0 bridgehead atoms. The summed E-state index contributed by atoms with van der Waals surface area (Å²) in [5, 5.41) is 5.27. The largest absolute Gasteiger partial charge is 0.335 e. The molecule has 4 amide bonds. The Morgan fingerprint density at radius 1 is 1.21 bits per heavy atom. The van der Waals surface area contributed by atoms with Crippen LogP contribution in [0.4, 0.5) is 4.79 Å². The van der Waals surface area contributed by atoms with Crippen molar-refractivity contribution in [1.82, 2.24) is 15.5 Å². The van der Waals surface area contributed by atoms with E-state index in [0.29, 0.717) is 11.6 Å². The number of rotatable bonds is 5. The predicted octanol–water partition coefficient (Wildman–Crippen LogP) is 2.21. The second kappa shape index (κ2) is 7.21. The lowest BCUT2D eigenvalue weighted by Gasteiger charge is -2.30. The highest BCUT2D eigenvalue weighted by molar-refractivity contribution is 6.31. The first kappa shape index (κ1) is 16.8. The van der Waals surface area contributed by atoms with Gasteiger partial charge in [-0.3, -0.25) is 14.9 Å². The Hall–Kier alpha value is -2.08. The summed E-state index contributed by atoms with van der Waals surface area (Å²) in [6.07, 6.45) is 4.08. The number of benzene rings is 1. The molecule has 1 heterocycles. The third kappa shape index (κ3) is 3.70. The van der Waals surface area contributed by atoms with Crippen LogP contribution in [0.3, 0.4) is 0 Å². The Morgan fingerprint density at radius 2 is 1.92 bits per heavy atom. The van der Waals surface area contributed by atoms with Crippen molar-refractivity contribution in [3.05, 3.63) is 34.9 Å². The number of halogens is 1. The topological polar surface area (TPSA) is 78.5 Å². The molecule has 1 saturated carbocycles. The van der Waals surface area contributed by atoms with Gasteiger partial charge in [-0.15, -0.1) is 0 Å². The minimum Gasteiger partial charge on any atom is -0.335 e. The van der Waals surface area contributed by atoms with Crippen molar-refractivity contribution in [3.63, 3.8) is 0 Å². The molecular weight excluding hydrogens is 330 g/mol. The molecule has 128 valence electrons. The van der Waals surface area contributed by atoms with E-state index in [0.717, 1.165) is 31.2 Å². The molecule has 2 fully saturated rings. The van der Waals surface area contributed by atoms with Gasteiger partial charge in [0.05, 0.1) is 6.42 Å². The molecule has 1 aromatic carbocycles. The van der Waals surface area contributed by atoms with Crippen molar-refractivity contribution >= 4 is 29.4 Å². The average molecular weight is 350 g/mol. The molecule has 24 heavy (non-hydrogen) atoms. The minimum atomic E-state index is -0.792. The first-order chi connectivity index (χ1) is 11.5. The third-order valence-corrected chi connectivity index (χ3v) is 4.99. The van der Waals surface area contributed by atoms with E-state index in [1.807, 2.05) is 23.1 Å². The Bertz CT molecular complexity index is 658. The highest BCUT2D eigenvalue weighted by Gasteiger charge is 2.35. The molecule has 2 aliphatic rings. The van der Waals surface area contributed by atoms with Crippen LogP contribution in [-0.2, 0) is 16.1 Å². The lowest BCUT2D eigenvalue weighted by molar-refractivity contribution is -0.136. The van der Waals surface area contributed by atoms with E-state index in [4.69, 9.17) is 11.6 Å². The maximum Gasteiger partial charge on any atom is 0.322 e. The molecule has 3 rings (SSSR count). The lowest BCUT2D eigenvalue weighted by Crippen LogP contribution is -2.42. The molecular formula is C17H20ClN3O3. The predicted molar refractivity (Wildman–Crippen MR) is 89.3 cm³/mol. The van der Waals surface area contributed by atoms with Crippen LogP contribution < -0.4 is 10.6 Å². The van der Waals surface area contributed by atoms with Crippen LogP contribution in [0.15, 0.2) is 24.3 Å². The summed E-state index contributed by atoms with van der Waals surface area (Å²) < 4.78 is 0. The summed E-state index contributed by atoms with van der Waals surface area (Å²) in [6.45, 7) is 0.422. The normalized spacial score (nSPS) is 20.8. The van der Waals surface area contributed by atoms with Crippen molar-refractivity contribution in [2.24, 2.45) is 0 Å². The van der Waals surface area contributed by atoms with Crippen molar-refractivity contribution in [2.75, 3.05) is 0 Å². The summed E-state index contributed by atoms with van der Waals surface area (Å²) in [6, 6.07) is 6.28. The molecule has 1 unspecified atom stereocenters. The van der Waals surface area contributed by atoms with Gasteiger partial charge in [-0.25, -0.2) is 4.79 Å². The summed E-state index contributed by atoms with van der Waals surface area (Å²) in [7, 11) is 0. The zero-order valence-corrected chi connectivity index (χ0v) is 14.0. The van der Waals surface area contributed by atoms with E-state index < -0.39 is 18.0 Å². The zero-order valence-electron chi connectivity index (χ0n) is 13.3. The van der Waals surface area contributed by atoms with Crippen LogP contribution in [0.25, 0.3) is 0 Å². The molecule has 1 aliphatic heterocycles. The maximum absolute atomic E-state index is 12.8. The molecule has 1 aromatic rings.